The van der Waals surface area contributed by atoms with Crippen LogP contribution >= 0.6 is 0 Å². The van der Waals surface area contributed by atoms with Crippen LogP contribution < -0.4 is 4.74 Å². The second kappa shape index (κ2) is 8.79. The van der Waals surface area contributed by atoms with Crippen LogP contribution in [0.3, 0.4) is 0 Å². The molecule has 0 saturated carbocycles. The summed E-state index contributed by atoms with van der Waals surface area (Å²) in [5, 5.41) is 3.96. The minimum absolute atomic E-state index is 0.161. The summed E-state index contributed by atoms with van der Waals surface area (Å²) in [6.45, 7) is 1.45. The molecule has 1 aromatic carbocycles. The highest BCUT2D eigenvalue weighted by Gasteiger charge is 2.38. The highest BCUT2D eigenvalue weighted by Crippen LogP contribution is 2.35. The molecular weight excluding hydrogens is 374 g/mol. The van der Waals surface area contributed by atoms with E-state index in [0.29, 0.717) is 43.6 Å². The van der Waals surface area contributed by atoms with Crippen molar-refractivity contribution in [2.45, 2.75) is 30.4 Å². The zero-order valence-electron chi connectivity index (χ0n) is 15.3. The average Bonchev–Trinajstić information content (AvgIpc) is 3.34. The van der Waals surface area contributed by atoms with Crippen molar-refractivity contribution in [3.8, 4) is 5.75 Å². The molecule has 10 heteroatoms. The van der Waals surface area contributed by atoms with E-state index in [2.05, 4.69) is 10.1 Å². The van der Waals surface area contributed by atoms with Gasteiger partial charge in [-0.05, 0) is 37.1 Å². The normalized spacial score (nSPS) is 18.1. The fraction of sp³-hybridized carbons (Fsp3) is 0.529. The van der Waals surface area contributed by atoms with E-state index in [4.69, 9.17) is 18.7 Å². The predicted octanol–water partition coefficient (Wildman–Crippen LogP) is 1.77. The van der Waals surface area contributed by atoms with Gasteiger partial charge >= 0.3 is 0 Å². The summed E-state index contributed by atoms with van der Waals surface area (Å²) >= 11 is 0. The Hall–Kier alpha value is -2.01. The SMILES string of the molecule is COCCOCc1nc(C2CCCN2S(=O)(=O)c2ccc(OC)cc2)no1. The summed E-state index contributed by atoms with van der Waals surface area (Å²) in [5.41, 5.74) is 0. The molecule has 2 aromatic rings. The highest BCUT2D eigenvalue weighted by atomic mass is 32.2. The van der Waals surface area contributed by atoms with E-state index in [1.54, 1.807) is 19.2 Å². The van der Waals surface area contributed by atoms with Gasteiger partial charge in [0.2, 0.25) is 10.0 Å². The molecule has 0 amide bonds. The lowest BCUT2D eigenvalue weighted by atomic mass is 10.2. The summed E-state index contributed by atoms with van der Waals surface area (Å²) < 4.78 is 48.0. The molecule has 1 aliphatic heterocycles. The largest absolute Gasteiger partial charge is 0.497 e. The van der Waals surface area contributed by atoms with Gasteiger partial charge in [-0.3, -0.25) is 0 Å². The van der Waals surface area contributed by atoms with E-state index in [1.807, 2.05) is 0 Å². The van der Waals surface area contributed by atoms with Crippen molar-refractivity contribution in [3.05, 3.63) is 36.0 Å². The number of nitrogens with zero attached hydrogens (tertiary/aromatic N) is 3. The van der Waals surface area contributed by atoms with Gasteiger partial charge in [0.1, 0.15) is 12.4 Å². The Morgan fingerprint density at radius 1 is 1.22 bits per heavy atom. The first-order valence-electron chi connectivity index (χ1n) is 8.61. The number of hydrogen-bond donors (Lipinski definition) is 0. The zero-order valence-corrected chi connectivity index (χ0v) is 16.1. The Labute approximate surface area is 158 Å². The van der Waals surface area contributed by atoms with Gasteiger partial charge in [0.25, 0.3) is 5.89 Å². The molecule has 1 fully saturated rings. The topological polar surface area (TPSA) is 104 Å². The number of rotatable bonds is 9. The Bertz CT molecular complexity index is 837. The van der Waals surface area contributed by atoms with E-state index in [1.165, 1.54) is 23.5 Å². The van der Waals surface area contributed by atoms with Gasteiger partial charge in [-0.25, -0.2) is 8.42 Å². The lowest BCUT2D eigenvalue weighted by molar-refractivity contribution is 0.0494. The van der Waals surface area contributed by atoms with E-state index < -0.39 is 16.1 Å². The molecule has 0 bridgehead atoms. The summed E-state index contributed by atoms with van der Waals surface area (Å²) in [5.74, 6) is 1.27. The van der Waals surface area contributed by atoms with E-state index in [0.717, 1.165) is 6.42 Å². The smallest absolute Gasteiger partial charge is 0.252 e. The van der Waals surface area contributed by atoms with Crippen molar-refractivity contribution in [3.63, 3.8) is 0 Å². The standard InChI is InChI=1S/C17H23N3O6S/c1-23-10-11-25-12-16-18-17(19-26-16)15-4-3-9-20(15)27(21,22)14-7-5-13(24-2)6-8-14/h5-8,15H,3-4,9-12H2,1-2H3. The first kappa shape index (κ1) is 19.7. The Morgan fingerprint density at radius 2 is 2.00 bits per heavy atom. The van der Waals surface area contributed by atoms with Crippen LogP contribution in [0.15, 0.2) is 33.7 Å². The first-order chi connectivity index (χ1) is 13.1. The maximum Gasteiger partial charge on any atom is 0.252 e. The summed E-state index contributed by atoms with van der Waals surface area (Å²) in [7, 11) is -0.544. The number of sulfonamides is 1. The van der Waals surface area contributed by atoms with Crippen LogP contribution in [0.4, 0.5) is 0 Å². The summed E-state index contributed by atoms with van der Waals surface area (Å²) in [6, 6.07) is 5.88. The fourth-order valence-electron chi connectivity index (χ4n) is 2.93. The lowest BCUT2D eigenvalue weighted by Crippen LogP contribution is -2.31. The second-order valence-electron chi connectivity index (χ2n) is 6.04. The summed E-state index contributed by atoms with van der Waals surface area (Å²) in [4.78, 5) is 4.52. The summed E-state index contributed by atoms with van der Waals surface area (Å²) in [6.07, 6.45) is 1.37. The molecule has 1 aromatic heterocycles. The first-order valence-corrected chi connectivity index (χ1v) is 10.1. The van der Waals surface area contributed by atoms with Gasteiger partial charge in [-0.1, -0.05) is 5.16 Å². The molecule has 0 spiro atoms. The van der Waals surface area contributed by atoms with Gasteiger partial charge in [0, 0.05) is 13.7 Å². The quantitative estimate of drug-likeness (QED) is 0.590. The van der Waals surface area contributed by atoms with Crippen LogP contribution in [0.1, 0.15) is 30.6 Å². The third-order valence-electron chi connectivity index (χ3n) is 4.31. The minimum Gasteiger partial charge on any atom is -0.497 e. The van der Waals surface area contributed by atoms with E-state index in [-0.39, 0.29) is 11.5 Å². The van der Waals surface area contributed by atoms with Crippen LogP contribution in [-0.2, 0) is 26.1 Å². The monoisotopic (exact) mass is 397 g/mol. The van der Waals surface area contributed by atoms with Gasteiger partial charge in [-0.15, -0.1) is 0 Å². The number of aromatic nitrogens is 2. The van der Waals surface area contributed by atoms with E-state index >= 15 is 0 Å². The number of methoxy groups -OCH3 is 2. The molecule has 0 N–H and O–H groups in total. The molecule has 0 aliphatic carbocycles. The molecule has 0 radical (unpaired) electrons. The van der Waals surface area contributed by atoms with Crippen LogP contribution in [0.2, 0.25) is 0 Å². The van der Waals surface area contributed by atoms with Crippen LogP contribution in [0.25, 0.3) is 0 Å². The molecule has 148 valence electrons. The molecule has 9 nitrogen and oxygen atoms in total. The third-order valence-corrected chi connectivity index (χ3v) is 6.23. The average molecular weight is 397 g/mol. The number of hydrogen-bond acceptors (Lipinski definition) is 8. The maximum atomic E-state index is 13.0. The van der Waals surface area contributed by atoms with Gasteiger partial charge in [-0.2, -0.15) is 9.29 Å². The van der Waals surface area contributed by atoms with E-state index in [9.17, 15) is 8.42 Å². The fourth-order valence-corrected chi connectivity index (χ4v) is 4.59. The molecule has 2 heterocycles. The van der Waals surface area contributed by atoms with Gasteiger partial charge in [0.05, 0.1) is 31.3 Å². The van der Waals surface area contributed by atoms with Crippen molar-refractivity contribution in [2.75, 3.05) is 34.0 Å². The van der Waals surface area contributed by atoms with Crippen molar-refractivity contribution in [2.24, 2.45) is 0 Å². The Kier molecular flexibility index (Phi) is 6.42. The molecule has 1 atom stereocenters. The second-order valence-corrected chi connectivity index (χ2v) is 7.93. The molecule has 3 rings (SSSR count). The predicted molar refractivity (Wildman–Crippen MR) is 94.7 cm³/mol. The van der Waals surface area contributed by atoms with Gasteiger partial charge < -0.3 is 18.7 Å². The van der Waals surface area contributed by atoms with Crippen molar-refractivity contribution in [1.82, 2.24) is 14.4 Å². The van der Waals surface area contributed by atoms with Crippen molar-refractivity contribution < 1.29 is 27.2 Å². The molecule has 1 aliphatic rings. The minimum atomic E-state index is -3.67. The zero-order chi connectivity index (χ0) is 19.3. The van der Waals surface area contributed by atoms with Gasteiger partial charge in [0.15, 0.2) is 5.82 Å². The van der Waals surface area contributed by atoms with Crippen LogP contribution in [0.5, 0.6) is 5.75 Å². The number of ether oxygens (including phenoxy) is 3. The molecule has 27 heavy (non-hydrogen) atoms. The Balaban J connectivity index is 1.73. The number of benzene rings is 1. The van der Waals surface area contributed by atoms with Crippen molar-refractivity contribution >= 4 is 10.0 Å². The maximum absolute atomic E-state index is 13.0. The van der Waals surface area contributed by atoms with Crippen LogP contribution in [0, 0.1) is 0 Å². The van der Waals surface area contributed by atoms with Crippen LogP contribution in [-0.4, -0.2) is 56.8 Å². The molecular formula is C17H23N3O6S. The van der Waals surface area contributed by atoms with Crippen molar-refractivity contribution in [1.29, 1.82) is 0 Å². The Morgan fingerprint density at radius 3 is 2.70 bits per heavy atom. The lowest BCUT2D eigenvalue weighted by Gasteiger charge is -2.21. The molecule has 1 saturated heterocycles. The molecule has 1 unspecified atom stereocenters. The highest BCUT2D eigenvalue weighted by molar-refractivity contribution is 7.89. The third kappa shape index (κ3) is 4.46.